The smallest absolute Gasteiger partial charge is 0.228 e. The molecular formula is C19H17FN4O2. The first-order valence-corrected chi connectivity index (χ1v) is 8.35. The van der Waals surface area contributed by atoms with Crippen LogP contribution < -0.4 is 10.6 Å². The van der Waals surface area contributed by atoms with E-state index in [2.05, 4.69) is 20.6 Å². The number of halogens is 1. The van der Waals surface area contributed by atoms with Crippen molar-refractivity contribution in [2.75, 3.05) is 5.32 Å². The molecule has 1 aliphatic heterocycles. The highest BCUT2D eigenvalue weighted by atomic mass is 19.1. The number of rotatable bonds is 3. The van der Waals surface area contributed by atoms with Gasteiger partial charge in [0.2, 0.25) is 11.8 Å². The van der Waals surface area contributed by atoms with Crippen LogP contribution in [0.2, 0.25) is 0 Å². The number of H-pyrrole nitrogens is 1. The summed E-state index contributed by atoms with van der Waals surface area (Å²) in [7, 11) is 0. The van der Waals surface area contributed by atoms with E-state index in [-0.39, 0.29) is 24.3 Å². The van der Waals surface area contributed by atoms with E-state index in [0.29, 0.717) is 17.1 Å². The molecule has 1 aliphatic rings. The third-order valence-electron chi connectivity index (χ3n) is 4.55. The number of carbonyl (C=O) groups excluding carboxylic acids is 2. The number of imidazole rings is 1. The van der Waals surface area contributed by atoms with Crippen molar-refractivity contribution in [2.45, 2.75) is 25.3 Å². The quantitative estimate of drug-likeness (QED) is 0.677. The molecule has 2 aromatic carbocycles. The Bertz CT molecular complexity index is 981. The molecule has 0 saturated carbocycles. The normalized spacial score (nSPS) is 17.5. The predicted octanol–water partition coefficient (Wildman–Crippen LogP) is 3.01. The van der Waals surface area contributed by atoms with Gasteiger partial charge >= 0.3 is 0 Å². The molecule has 0 saturated heterocycles. The van der Waals surface area contributed by atoms with E-state index in [0.717, 1.165) is 11.0 Å². The standard InChI is InChI=1S/C19H17FN4O2/c1-10(18-23-14-4-2-3-5-15(14)24-18)21-19(26)13-9-17(25)22-16-8-11(20)6-7-12(13)16/h2-8,10,13H,9H2,1H3,(H,21,26)(H,22,25)(H,23,24). The number of anilines is 1. The summed E-state index contributed by atoms with van der Waals surface area (Å²) >= 11 is 0. The van der Waals surface area contributed by atoms with Crippen molar-refractivity contribution in [1.29, 1.82) is 0 Å². The van der Waals surface area contributed by atoms with Gasteiger partial charge < -0.3 is 15.6 Å². The Balaban J connectivity index is 1.57. The van der Waals surface area contributed by atoms with Crippen molar-refractivity contribution in [2.24, 2.45) is 0 Å². The van der Waals surface area contributed by atoms with Gasteiger partial charge in [-0.1, -0.05) is 18.2 Å². The Kier molecular flexibility index (Phi) is 3.91. The average molecular weight is 352 g/mol. The van der Waals surface area contributed by atoms with Crippen molar-refractivity contribution in [3.05, 3.63) is 59.7 Å². The molecule has 0 bridgehead atoms. The lowest BCUT2D eigenvalue weighted by atomic mass is 9.89. The molecule has 3 N–H and O–H groups in total. The largest absolute Gasteiger partial charge is 0.346 e. The van der Waals surface area contributed by atoms with Crippen LogP contribution in [0.25, 0.3) is 11.0 Å². The number of nitrogens with zero attached hydrogens (tertiary/aromatic N) is 1. The molecule has 4 rings (SSSR count). The molecular weight excluding hydrogens is 335 g/mol. The van der Waals surface area contributed by atoms with E-state index in [1.54, 1.807) is 6.07 Å². The van der Waals surface area contributed by atoms with Crippen LogP contribution in [-0.2, 0) is 9.59 Å². The number of benzene rings is 2. The van der Waals surface area contributed by atoms with E-state index < -0.39 is 11.7 Å². The van der Waals surface area contributed by atoms with E-state index in [1.165, 1.54) is 12.1 Å². The fraction of sp³-hybridized carbons (Fsp3) is 0.211. The minimum Gasteiger partial charge on any atom is -0.346 e. The maximum atomic E-state index is 13.4. The molecule has 7 heteroatoms. The highest BCUT2D eigenvalue weighted by Crippen LogP contribution is 2.33. The van der Waals surface area contributed by atoms with Gasteiger partial charge in [0, 0.05) is 12.1 Å². The molecule has 132 valence electrons. The Morgan fingerprint density at radius 1 is 1.31 bits per heavy atom. The monoisotopic (exact) mass is 352 g/mol. The van der Waals surface area contributed by atoms with Crippen LogP contribution in [0.4, 0.5) is 10.1 Å². The summed E-state index contributed by atoms with van der Waals surface area (Å²) in [5.41, 5.74) is 2.67. The van der Waals surface area contributed by atoms with Crippen LogP contribution in [0.1, 0.15) is 36.7 Å². The predicted molar refractivity (Wildman–Crippen MR) is 95.0 cm³/mol. The Morgan fingerprint density at radius 3 is 2.92 bits per heavy atom. The van der Waals surface area contributed by atoms with Crippen LogP contribution in [-0.4, -0.2) is 21.8 Å². The van der Waals surface area contributed by atoms with Crippen LogP contribution in [0.15, 0.2) is 42.5 Å². The zero-order chi connectivity index (χ0) is 18.3. The number of fused-ring (bicyclic) bond motifs is 2. The first-order valence-electron chi connectivity index (χ1n) is 8.35. The summed E-state index contributed by atoms with van der Waals surface area (Å²) in [5.74, 6) is -1.08. The van der Waals surface area contributed by atoms with Crippen LogP contribution in [0, 0.1) is 5.82 Å². The average Bonchev–Trinajstić information content (AvgIpc) is 3.04. The molecule has 2 heterocycles. The first-order chi connectivity index (χ1) is 12.5. The van der Waals surface area contributed by atoms with E-state index in [4.69, 9.17) is 0 Å². The lowest BCUT2D eigenvalue weighted by molar-refractivity contribution is -0.126. The Hall–Kier alpha value is -3.22. The number of hydrogen-bond acceptors (Lipinski definition) is 3. The highest BCUT2D eigenvalue weighted by molar-refractivity contribution is 6.01. The van der Waals surface area contributed by atoms with Gasteiger partial charge in [0.05, 0.1) is 23.0 Å². The number of amides is 2. The summed E-state index contributed by atoms with van der Waals surface area (Å²) in [6, 6.07) is 11.3. The van der Waals surface area contributed by atoms with Gasteiger partial charge in [0.1, 0.15) is 11.6 Å². The topological polar surface area (TPSA) is 86.9 Å². The number of nitrogens with one attached hydrogen (secondary N) is 3. The molecule has 2 atom stereocenters. The van der Waals surface area contributed by atoms with Crippen LogP contribution >= 0.6 is 0 Å². The zero-order valence-corrected chi connectivity index (χ0v) is 14.0. The van der Waals surface area contributed by atoms with Gasteiger partial charge in [-0.15, -0.1) is 0 Å². The SMILES string of the molecule is CC(NC(=O)C1CC(=O)Nc2cc(F)ccc21)c1nc2ccccc2[nH]1. The lowest BCUT2D eigenvalue weighted by Gasteiger charge is -2.26. The number of aromatic nitrogens is 2. The van der Waals surface area contributed by atoms with Gasteiger partial charge in [-0.25, -0.2) is 9.37 Å². The maximum absolute atomic E-state index is 13.4. The molecule has 2 unspecified atom stereocenters. The second-order valence-electron chi connectivity index (χ2n) is 6.41. The van der Waals surface area contributed by atoms with Gasteiger partial charge in [0.15, 0.2) is 0 Å². The van der Waals surface area contributed by atoms with Crippen LogP contribution in [0.5, 0.6) is 0 Å². The molecule has 0 fully saturated rings. The molecule has 3 aromatic rings. The number of hydrogen-bond donors (Lipinski definition) is 3. The van der Waals surface area contributed by atoms with Crippen molar-refractivity contribution < 1.29 is 14.0 Å². The minimum atomic E-state index is -0.661. The van der Waals surface area contributed by atoms with Crippen molar-refractivity contribution in [1.82, 2.24) is 15.3 Å². The second-order valence-corrected chi connectivity index (χ2v) is 6.41. The fourth-order valence-electron chi connectivity index (χ4n) is 3.23. The summed E-state index contributed by atoms with van der Waals surface area (Å²) in [6.45, 7) is 1.82. The van der Waals surface area contributed by atoms with Gasteiger partial charge in [-0.2, -0.15) is 0 Å². The Morgan fingerprint density at radius 2 is 2.12 bits per heavy atom. The van der Waals surface area contributed by atoms with Crippen LogP contribution in [0.3, 0.4) is 0 Å². The third kappa shape index (κ3) is 2.92. The van der Waals surface area contributed by atoms with E-state index >= 15 is 0 Å². The van der Waals surface area contributed by atoms with Gasteiger partial charge in [-0.3, -0.25) is 9.59 Å². The lowest BCUT2D eigenvalue weighted by Crippen LogP contribution is -2.36. The zero-order valence-electron chi connectivity index (χ0n) is 14.0. The van der Waals surface area contributed by atoms with Crippen molar-refractivity contribution >= 4 is 28.5 Å². The van der Waals surface area contributed by atoms with E-state index in [9.17, 15) is 14.0 Å². The molecule has 6 nitrogen and oxygen atoms in total. The van der Waals surface area contributed by atoms with Gasteiger partial charge in [0.25, 0.3) is 0 Å². The number of para-hydroxylation sites is 2. The summed E-state index contributed by atoms with van der Waals surface area (Å²) < 4.78 is 13.4. The minimum absolute atomic E-state index is 0.0251. The molecule has 2 amide bonds. The number of carbonyl (C=O) groups is 2. The molecule has 26 heavy (non-hydrogen) atoms. The summed E-state index contributed by atoms with van der Waals surface area (Å²) in [6.07, 6.45) is 0.0251. The van der Waals surface area contributed by atoms with Gasteiger partial charge in [-0.05, 0) is 36.8 Å². The van der Waals surface area contributed by atoms with Crippen molar-refractivity contribution in [3.63, 3.8) is 0 Å². The van der Waals surface area contributed by atoms with E-state index in [1.807, 2.05) is 31.2 Å². The highest BCUT2D eigenvalue weighted by Gasteiger charge is 2.32. The fourth-order valence-corrected chi connectivity index (χ4v) is 3.23. The molecule has 0 radical (unpaired) electrons. The Labute approximate surface area is 148 Å². The third-order valence-corrected chi connectivity index (χ3v) is 4.55. The second kappa shape index (κ2) is 6.25. The first kappa shape index (κ1) is 16.3. The molecule has 0 spiro atoms. The summed E-state index contributed by atoms with van der Waals surface area (Å²) in [5, 5.41) is 5.51. The summed E-state index contributed by atoms with van der Waals surface area (Å²) in [4.78, 5) is 32.3. The van der Waals surface area contributed by atoms with Crippen molar-refractivity contribution in [3.8, 4) is 0 Å². The molecule has 0 aliphatic carbocycles. The number of aromatic amines is 1. The molecule has 1 aromatic heterocycles. The maximum Gasteiger partial charge on any atom is 0.228 e.